The summed E-state index contributed by atoms with van der Waals surface area (Å²) in [6.45, 7) is 5.78. The van der Waals surface area contributed by atoms with E-state index in [2.05, 4.69) is 11.8 Å². The molecule has 1 saturated carbocycles. The smallest absolute Gasteiger partial charge is 0.123 e. The molecule has 0 spiro atoms. The van der Waals surface area contributed by atoms with E-state index in [-0.39, 0.29) is 11.9 Å². The molecule has 1 fully saturated rings. The summed E-state index contributed by atoms with van der Waals surface area (Å²) in [7, 11) is 0. The highest BCUT2D eigenvalue weighted by molar-refractivity contribution is 5.30. The lowest BCUT2D eigenvalue weighted by Crippen LogP contribution is -2.42. The zero-order valence-corrected chi connectivity index (χ0v) is 12.7. The zero-order valence-electron chi connectivity index (χ0n) is 12.7. The molecule has 0 aliphatic heterocycles. The van der Waals surface area contributed by atoms with Gasteiger partial charge in [-0.1, -0.05) is 32.3 Å². The van der Waals surface area contributed by atoms with Crippen LogP contribution in [0.3, 0.4) is 0 Å². The van der Waals surface area contributed by atoms with Crippen LogP contribution in [0.5, 0.6) is 0 Å². The van der Waals surface area contributed by atoms with Crippen LogP contribution in [0.15, 0.2) is 18.2 Å². The largest absolute Gasteiger partial charge is 0.329 e. The van der Waals surface area contributed by atoms with Gasteiger partial charge in [-0.05, 0) is 49.6 Å². The molecule has 112 valence electrons. The van der Waals surface area contributed by atoms with Crippen molar-refractivity contribution < 1.29 is 4.39 Å². The van der Waals surface area contributed by atoms with Gasteiger partial charge < -0.3 is 5.73 Å². The number of rotatable bonds is 5. The minimum Gasteiger partial charge on any atom is -0.329 e. The third kappa shape index (κ3) is 3.39. The van der Waals surface area contributed by atoms with Gasteiger partial charge in [-0.2, -0.15) is 0 Å². The number of nitrogens with zero attached hydrogens (tertiary/aromatic N) is 1. The fourth-order valence-corrected chi connectivity index (χ4v) is 3.60. The Balaban J connectivity index is 2.23. The molecule has 1 aliphatic rings. The number of halogens is 1. The molecule has 1 aliphatic carbocycles. The summed E-state index contributed by atoms with van der Waals surface area (Å²) in [5.41, 5.74) is 8.25. The Morgan fingerprint density at radius 1 is 1.30 bits per heavy atom. The van der Waals surface area contributed by atoms with Crippen molar-refractivity contribution in [3.05, 3.63) is 35.1 Å². The lowest BCUT2D eigenvalue weighted by molar-refractivity contribution is 0.113. The van der Waals surface area contributed by atoms with E-state index in [1.165, 1.54) is 37.7 Å². The van der Waals surface area contributed by atoms with Gasteiger partial charge in [0.05, 0.1) is 0 Å². The first-order valence-corrected chi connectivity index (χ1v) is 7.89. The molecule has 2 rings (SSSR count). The van der Waals surface area contributed by atoms with E-state index < -0.39 is 0 Å². The SMILES string of the molecule is CCN(C1CCCCC1)C(CN)c1ccc(F)cc1C. The number of hydrogen-bond acceptors (Lipinski definition) is 2. The topological polar surface area (TPSA) is 29.3 Å². The molecule has 20 heavy (non-hydrogen) atoms. The van der Waals surface area contributed by atoms with Crippen LogP contribution in [0.4, 0.5) is 4.39 Å². The van der Waals surface area contributed by atoms with Crippen LogP contribution >= 0.6 is 0 Å². The molecule has 0 radical (unpaired) electrons. The highest BCUT2D eigenvalue weighted by atomic mass is 19.1. The Hall–Kier alpha value is -0.930. The predicted molar refractivity (Wildman–Crippen MR) is 82.2 cm³/mol. The molecule has 1 atom stereocenters. The van der Waals surface area contributed by atoms with Crippen LogP contribution in [0.1, 0.15) is 56.2 Å². The number of hydrogen-bond donors (Lipinski definition) is 1. The maximum Gasteiger partial charge on any atom is 0.123 e. The van der Waals surface area contributed by atoms with Gasteiger partial charge in [0.2, 0.25) is 0 Å². The van der Waals surface area contributed by atoms with Crippen LogP contribution in [-0.2, 0) is 0 Å². The summed E-state index contributed by atoms with van der Waals surface area (Å²) >= 11 is 0. The van der Waals surface area contributed by atoms with Crippen LogP contribution in [-0.4, -0.2) is 24.0 Å². The zero-order chi connectivity index (χ0) is 14.5. The van der Waals surface area contributed by atoms with Crippen molar-refractivity contribution in [1.29, 1.82) is 0 Å². The van der Waals surface area contributed by atoms with Gasteiger partial charge in [0.1, 0.15) is 5.82 Å². The first kappa shape index (κ1) is 15.5. The second-order valence-corrected chi connectivity index (χ2v) is 5.87. The normalized spacial score (nSPS) is 18.4. The van der Waals surface area contributed by atoms with Gasteiger partial charge in [-0.3, -0.25) is 4.90 Å². The van der Waals surface area contributed by atoms with Crippen molar-refractivity contribution in [3.63, 3.8) is 0 Å². The molecular weight excluding hydrogens is 251 g/mol. The maximum absolute atomic E-state index is 13.3. The molecule has 2 N–H and O–H groups in total. The summed E-state index contributed by atoms with van der Waals surface area (Å²) in [4.78, 5) is 2.53. The molecule has 0 aromatic heterocycles. The second-order valence-electron chi connectivity index (χ2n) is 5.87. The minimum atomic E-state index is -0.164. The van der Waals surface area contributed by atoms with Gasteiger partial charge in [-0.15, -0.1) is 0 Å². The first-order valence-electron chi connectivity index (χ1n) is 7.89. The fraction of sp³-hybridized carbons (Fsp3) is 0.647. The Morgan fingerprint density at radius 2 is 2.00 bits per heavy atom. The van der Waals surface area contributed by atoms with Crippen molar-refractivity contribution in [3.8, 4) is 0 Å². The van der Waals surface area contributed by atoms with Crippen molar-refractivity contribution >= 4 is 0 Å². The molecule has 1 unspecified atom stereocenters. The number of benzene rings is 1. The van der Waals surface area contributed by atoms with Crippen molar-refractivity contribution in [2.75, 3.05) is 13.1 Å². The Morgan fingerprint density at radius 3 is 2.55 bits per heavy atom. The first-order chi connectivity index (χ1) is 9.67. The van der Waals surface area contributed by atoms with Gasteiger partial charge >= 0.3 is 0 Å². The van der Waals surface area contributed by atoms with Crippen LogP contribution in [0.25, 0.3) is 0 Å². The van der Waals surface area contributed by atoms with E-state index in [0.717, 1.165) is 12.1 Å². The average molecular weight is 278 g/mol. The van der Waals surface area contributed by atoms with Crippen LogP contribution in [0.2, 0.25) is 0 Å². The third-order valence-corrected chi connectivity index (χ3v) is 4.62. The van der Waals surface area contributed by atoms with E-state index in [0.29, 0.717) is 12.6 Å². The Kier molecular flexibility index (Phi) is 5.55. The molecule has 0 heterocycles. The summed E-state index contributed by atoms with van der Waals surface area (Å²) < 4.78 is 13.3. The Labute approximate surface area is 122 Å². The number of likely N-dealkylation sites (N-methyl/N-ethyl adjacent to an activating group) is 1. The van der Waals surface area contributed by atoms with Crippen molar-refractivity contribution in [1.82, 2.24) is 4.90 Å². The number of nitrogens with two attached hydrogens (primary N) is 1. The maximum atomic E-state index is 13.3. The standard InChI is InChI=1S/C17H27FN2/c1-3-20(15-7-5-4-6-8-15)17(12-19)16-10-9-14(18)11-13(16)2/h9-11,15,17H,3-8,12,19H2,1-2H3. The van der Waals surface area contributed by atoms with Crippen molar-refractivity contribution in [2.24, 2.45) is 5.73 Å². The van der Waals surface area contributed by atoms with Crippen LogP contribution < -0.4 is 5.73 Å². The van der Waals surface area contributed by atoms with E-state index in [1.54, 1.807) is 12.1 Å². The third-order valence-electron chi connectivity index (χ3n) is 4.62. The monoisotopic (exact) mass is 278 g/mol. The highest BCUT2D eigenvalue weighted by Crippen LogP contribution is 2.31. The minimum absolute atomic E-state index is 0.164. The number of aryl methyl sites for hydroxylation is 1. The van der Waals surface area contributed by atoms with Crippen LogP contribution in [0, 0.1) is 12.7 Å². The molecule has 3 heteroatoms. The van der Waals surface area contributed by atoms with Gasteiger partial charge in [0, 0.05) is 18.6 Å². The van der Waals surface area contributed by atoms with E-state index in [1.807, 2.05) is 13.0 Å². The van der Waals surface area contributed by atoms with E-state index in [9.17, 15) is 4.39 Å². The fourth-order valence-electron chi connectivity index (χ4n) is 3.60. The molecule has 2 nitrogen and oxygen atoms in total. The molecule has 0 saturated heterocycles. The summed E-state index contributed by atoms with van der Waals surface area (Å²) in [6.07, 6.45) is 6.54. The summed E-state index contributed by atoms with van der Waals surface area (Å²) in [5.74, 6) is -0.164. The second kappa shape index (κ2) is 7.19. The highest BCUT2D eigenvalue weighted by Gasteiger charge is 2.27. The van der Waals surface area contributed by atoms with Gasteiger partial charge in [0.15, 0.2) is 0 Å². The molecular formula is C17H27FN2. The lowest BCUT2D eigenvalue weighted by atomic mass is 9.91. The summed E-state index contributed by atoms with van der Waals surface area (Å²) in [5, 5.41) is 0. The predicted octanol–water partition coefficient (Wildman–Crippen LogP) is 3.79. The molecule has 0 bridgehead atoms. The molecule has 0 amide bonds. The molecule has 1 aromatic carbocycles. The van der Waals surface area contributed by atoms with Gasteiger partial charge in [0.25, 0.3) is 0 Å². The van der Waals surface area contributed by atoms with Gasteiger partial charge in [-0.25, -0.2) is 4.39 Å². The molecule has 1 aromatic rings. The summed E-state index contributed by atoms with van der Waals surface area (Å²) in [6, 6.07) is 5.93. The van der Waals surface area contributed by atoms with Crippen molar-refractivity contribution in [2.45, 2.75) is 58.0 Å². The van der Waals surface area contributed by atoms with E-state index >= 15 is 0 Å². The lowest BCUT2D eigenvalue weighted by Gasteiger charge is -2.39. The Bertz CT molecular complexity index is 427. The average Bonchev–Trinajstić information content (AvgIpc) is 2.46. The quantitative estimate of drug-likeness (QED) is 0.888. The van der Waals surface area contributed by atoms with E-state index in [4.69, 9.17) is 5.73 Å².